The number of carbonyl (C=O) groups excluding carboxylic acids is 1. The molecule has 1 saturated carbocycles. The van der Waals surface area contributed by atoms with Crippen molar-refractivity contribution in [2.24, 2.45) is 0 Å². The summed E-state index contributed by atoms with van der Waals surface area (Å²) in [5, 5.41) is 12.2. The number of anilines is 1. The van der Waals surface area contributed by atoms with Crippen molar-refractivity contribution in [2.45, 2.75) is 44.4 Å². The molecule has 0 amide bonds. The van der Waals surface area contributed by atoms with Crippen molar-refractivity contribution < 1.29 is 18.8 Å². The molecule has 40 heavy (non-hydrogen) atoms. The SMILES string of the molecule is COCC1(c2ccc(-c3noc(-c4cc(C)n(Cc5ccnc(N6CCNCC6OC=O)c5)n4)n3)cc2)CCC1. The van der Waals surface area contributed by atoms with E-state index >= 15 is 0 Å². The largest absolute Gasteiger partial charge is 0.442 e. The molecular weight excluding hydrogens is 510 g/mol. The summed E-state index contributed by atoms with van der Waals surface area (Å²) in [7, 11) is 1.77. The van der Waals surface area contributed by atoms with Crippen LogP contribution in [-0.4, -0.2) is 71.0 Å². The second-order valence-corrected chi connectivity index (χ2v) is 10.5. The van der Waals surface area contributed by atoms with Crippen LogP contribution in [-0.2, 0) is 26.2 Å². The number of pyridine rings is 1. The highest BCUT2D eigenvalue weighted by atomic mass is 16.5. The van der Waals surface area contributed by atoms with E-state index in [4.69, 9.17) is 19.1 Å². The molecule has 11 heteroatoms. The lowest BCUT2D eigenvalue weighted by atomic mass is 9.65. The van der Waals surface area contributed by atoms with Crippen molar-refractivity contribution in [3.63, 3.8) is 0 Å². The topological polar surface area (TPSA) is 120 Å². The van der Waals surface area contributed by atoms with Crippen LogP contribution < -0.4 is 10.2 Å². The molecule has 3 aromatic heterocycles. The standard InChI is InChI=1S/C29H33N7O4/c1-20-14-24(28-32-27(34-40-28)22-4-6-23(7-5-22)29(18-38-2)9-3-10-29)33-36(20)17-21-8-11-31-25(15-21)35-13-12-30-16-26(35)39-19-37/h4-8,11,14-15,19,26,30H,3,9-10,12-13,16-18H2,1-2H3. The molecule has 2 aliphatic rings. The van der Waals surface area contributed by atoms with E-state index in [1.807, 2.05) is 46.8 Å². The van der Waals surface area contributed by atoms with E-state index in [1.165, 1.54) is 12.0 Å². The Kier molecular flexibility index (Phi) is 7.31. The van der Waals surface area contributed by atoms with Crippen LogP contribution in [0.15, 0.2) is 53.2 Å². The zero-order valence-corrected chi connectivity index (χ0v) is 22.7. The fourth-order valence-electron chi connectivity index (χ4n) is 5.60. The number of nitrogens with one attached hydrogen (secondary N) is 1. The summed E-state index contributed by atoms with van der Waals surface area (Å²) < 4.78 is 18.2. The molecule has 1 aromatic carbocycles. The summed E-state index contributed by atoms with van der Waals surface area (Å²) in [5.74, 6) is 1.67. The Labute approximate surface area is 232 Å². The zero-order chi connectivity index (χ0) is 27.5. The molecule has 208 valence electrons. The van der Waals surface area contributed by atoms with E-state index in [1.54, 1.807) is 13.3 Å². The third kappa shape index (κ3) is 5.09. The number of rotatable bonds is 10. The number of piperazine rings is 1. The maximum Gasteiger partial charge on any atom is 0.295 e. The van der Waals surface area contributed by atoms with E-state index in [2.05, 4.69) is 32.6 Å². The van der Waals surface area contributed by atoms with E-state index in [0.29, 0.717) is 43.5 Å². The molecule has 4 heterocycles. The van der Waals surface area contributed by atoms with Crippen molar-refractivity contribution in [1.29, 1.82) is 0 Å². The van der Waals surface area contributed by atoms with Gasteiger partial charge in [-0.15, -0.1) is 0 Å². The Morgan fingerprint density at radius 1 is 1.20 bits per heavy atom. The van der Waals surface area contributed by atoms with Crippen molar-refractivity contribution in [3.8, 4) is 23.0 Å². The van der Waals surface area contributed by atoms with Gasteiger partial charge in [0.15, 0.2) is 11.9 Å². The van der Waals surface area contributed by atoms with Gasteiger partial charge in [0.05, 0.1) is 19.7 Å². The maximum absolute atomic E-state index is 11.0. The lowest BCUT2D eigenvalue weighted by molar-refractivity contribution is -0.133. The molecule has 11 nitrogen and oxygen atoms in total. The molecule has 1 atom stereocenters. The predicted molar refractivity (Wildman–Crippen MR) is 148 cm³/mol. The number of carbonyl (C=O) groups is 1. The Bertz CT molecular complexity index is 1460. The molecule has 0 spiro atoms. The number of aromatic nitrogens is 5. The number of aryl methyl sites for hydroxylation is 1. The zero-order valence-electron chi connectivity index (χ0n) is 22.7. The van der Waals surface area contributed by atoms with Crippen molar-refractivity contribution in [3.05, 3.63) is 65.5 Å². The van der Waals surface area contributed by atoms with E-state index in [0.717, 1.165) is 48.6 Å². The highest BCUT2D eigenvalue weighted by Gasteiger charge is 2.38. The minimum absolute atomic E-state index is 0.131. The fraction of sp³-hybridized carbons (Fsp3) is 0.414. The van der Waals surface area contributed by atoms with Gasteiger partial charge < -0.3 is 24.2 Å². The van der Waals surface area contributed by atoms with Crippen LogP contribution in [0.5, 0.6) is 0 Å². The van der Waals surface area contributed by atoms with Gasteiger partial charge in [0.25, 0.3) is 12.4 Å². The van der Waals surface area contributed by atoms with E-state index in [-0.39, 0.29) is 11.6 Å². The van der Waals surface area contributed by atoms with Gasteiger partial charge in [-0.05, 0) is 49.1 Å². The first-order valence-corrected chi connectivity index (χ1v) is 13.6. The van der Waals surface area contributed by atoms with Crippen LogP contribution >= 0.6 is 0 Å². The van der Waals surface area contributed by atoms with Crippen molar-refractivity contribution >= 4 is 12.3 Å². The fourth-order valence-corrected chi connectivity index (χ4v) is 5.60. The van der Waals surface area contributed by atoms with Crippen LogP contribution in [0.25, 0.3) is 23.0 Å². The van der Waals surface area contributed by atoms with E-state index in [9.17, 15) is 4.79 Å². The van der Waals surface area contributed by atoms with Gasteiger partial charge in [0.1, 0.15) is 5.82 Å². The van der Waals surface area contributed by atoms with Gasteiger partial charge in [-0.2, -0.15) is 10.1 Å². The molecule has 1 N–H and O–H groups in total. The molecule has 1 aliphatic carbocycles. The molecule has 1 unspecified atom stereocenters. The minimum atomic E-state index is -0.389. The first-order valence-electron chi connectivity index (χ1n) is 13.6. The summed E-state index contributed by atoms with van der Waals surface area (Å²) in [5.41, 5.74) is 4.94. The van der Waals surface area contributed by atoms with Gasteiger partial charge >= 0.3 is 0 Å². The smallest absolute Gasteiger partial charge is 0.295 e. The molecular formula is C29H33N7O4. The van der Waals surface area contributed by atoms with Crippen LogP contribution in [0.2, 0.25) is 0 Å². The monoisotopic (exact) mass is 543 g/mol. The van der Waals surface area contributed by atoms with Gasteiger partial charge in [0, 0.05) is 43.1 Å². The normalized spacial score (nSPS) is 18.4. The summed E-state index contributed by atoms with van der Waals surface area (Å²) in [6.45, 7) is 5.79. The summed E-state index contributed by atoms with van der Waals surface area (Å²) in [4.78, 5) is 22.1. The third-order valence-corrected chi connectivity index (χ3v) is 7.96. The van der Waals surface area contributed by atoms with Crippen molar-refractivity contribution in [1.82, 2.24) is 30.2 Å². The second kappa shape index (κ2) is 11.2. The number of benzene rings is 1. The average molecular weight is 544 g/mol. The van der Waals surface area contributed by atoms with Gasteiger partial charge in [0.2, 0.25) is 5.82 Å². The summed E-state index contributed by atoms with van der Waals surface area (Å²) in [6.07, 6.45) is 4.92. The molecule has 6 rings (SSSR count). The van der Waals surface area contributed by atoms with Crippen LogP contribution in [0.3, 0.4) is 0 Å². The lowest BCUT2D eigenvalue weighted by Crippen LogP contribution is -2.52. The highest BCUT2D eigenvalue weighted by Crippen LogP contribution is 2.44. The van der Waals surface area contributed by atoms with Crippen molar-refractivity contribution in [2.75, 3.05) is 38.3 Å². The second-order valence-electron chi connectivity index (χ2n) is 10.5. The minimum Gasteiger partial charge on any atom is -0.442 e. The Balaban J connectivity index is 1.17. The molecule has 1 saturated heterocycles. The Hall–Kier alpha value is -4.09. The number of methoxy groups -OCH3 is 1. The number of hydrogen-bond acceptors (Lipinski definition) is 10. The molecule has 1 aliphatic heterocycles. The number of ether oxygens (including phenoxy) is 2. The summed E-state index contributed by atoms with van der Waals surface area (Å²) in [6, 6.07) is 14.3. The van der Waals surface area contributed by atoms with Crippen LogP contribution in [0.1, 0.15) is 36.1 Å². The first kappa shape index (κ1) is 26.1. The molecule has 2 fully saturated rings. The quantitative estimate of drug-likeness (QED) is 0.298. The Morgan fingerprint density at radius 2 is 2.05 bits per heavy atom. The number of nitrogens with zero attached hydrogens (tertiary/aromatic N) is 6. The van der Waals surface area contributed by atoms with E-state index < -0.39 is 0 Å². The molecule has 0 radical (unpaired) electrons. The maximum atomic E-state index is 11.0. The van der Waals surface area contributed by atoms with Crippen LogP contribution in [0, 0.1) is 6.92 Å². The lowest BCUT2D eigenvalue weighted by Gasteiger charge is -2.42. The van der Waals surface area contributed by atoms with Crippen LogP contribution in [0.4, 0.5) is 5.82 Å². The number of hydrogen-bond donors (Lipinski definition) is 1. The molecule has 0 bridgehead atoms. The van der Waals surface area contributed by atoms with Gasteiger partial charge in [-0.1, -0.05) is 35.8 Å². The summed E-state index contributed by atoms with van der Waals surface area (Å²) >= 11 is 0. The first-order chi connectivity index (χ1) is 19.6. The third-order valence-electron chi connectivity index (χ3n) is 7.96. The van der Waals surface area contributed by atoms with Gasteiger partial charge in [-0.3, -0.25) is 9.48 Å². The van der Waals surface area contributed by atoms with Gasteiger partial charge in [-0.25, -0.2) is 4.98 Å². The Morgan fingerprint density at radius 3 is 2.80 bits per heavy atom. The molecule has 4 aromatic rings. The average Bonchev–Trinajstić information content (AvgIpc) is 3.59. The highest BCUT2D eigenvalue weighted by molar-refractivity contribution is 5.59. The predicted octanol–water partition coefficient (Wildman–Crippen LogP) is 3.33.